The van der Waals surface area contributed by atoms with Crippen LogP contribution in [0.5, 0.6) is 0 Å². The van der Waals surface area contributed by atoms with Gasteiger partial charge in [-0.05, 0) is 54.8 Å². The summed E-state index contributed by atoms with van der Waals surface area (Å²) >= 11 is 3.39. The van der Waals surface area contributed by atoms with Crippen LogP contribution in [0.25, 0.3) is 0 Å². The first-order valence-corrected chi connectivity index (χ1v) is 7.52. The molecule has 1 N–H and O–H groups in total. The van der Waals surface area contributed by atoms with Crippen molar-refractivity contribution < 1.29 is 9.53 Å². The molecular weight excluding hydrogens is 322 g/mol. The average Bonchev–Trinajstić information content (AvgIpc) is 2.69. The van der Waals surface area contributed by atoms with Gasteiger partial charge in [-0.25, -0.2) is 9.78 Å². The molecule has 1 aromatic rings. The molecule has 2 rings (SSSR count). The molecule has 2 heterocycles. The number of hydrogen-bond acceptors (Lipinski definition) is 4. The Kier molecular flexibility index (Phi) is 4.52. The van der Waals surface area contributed by atoms with E-state index in [1.54, 1.807) is 0 Å². The van der Waals surface area contributed by atoms with Gasteiger partial charge in [-0.15, -0.1) is 0 Å². The zero-order valence-corrected chi connectivity index (χ0v) is 13.7. The quantitative estimate of drug-likeness (QED) is 0.859. The zero-order valence-electron chi connectivity index (χ0n) is 12.1. The highest BCUT2D eigenvalue weighted by molar-refractivity contribution is 9.10. The van der Waals surface area contributed by atoms with Gasteiger partial charge in [0.25, 0.3) is 0 Å². The largest absolute Gasteiger partial charge is 0.444 e. The number of alkyl carbamates (subject to hydrolysis) is 1. The summed E-state index contributed by atoms with van der Waals surface area (Å²) in [4.78, 5) is 18.2. The number of carbonyl (C=O) groups excluding carboxylic acids is 1. The smallest absolute Gasteiger partial charge is 0.407 e. The van der Waals surface area contributed by atoms with Crippen LogP contribution in [0.4, 0.5) is 10.6 Å². The van der Waals surface area contributed by atoms with Crippen LogP contribution in [0.1, 0.15) is 26.3 Å². The molecule has 0 bridgehead atoms. The minimum absolute atomic E-state index is 0.376. The fourth-order valence-electron chi connectivity index (χ4n) is 2.11. The Hall–Kier alpha value is -1.30. The topological polar surface area (TPSA) is 54.5 Å². The van der Waals surface area contributed by atoms with Crippen molar-refractivity contribution in [3.8, 4) is 0 Å². The van der Waals surface area contributed by atoms with E-state index < -0.39 is 5.60 Å². The second-order valence-corrected chi connectivity index (χ2v) is 6.59. The van der Waals surface area contributed by atoms with E-state index in [-0.39, 0.29) is 6.09 Å². The summed E-state index contributed by atoms with van der Waals surface area (Å²) in [7, 11) is 0. The van der Waals surface area contributed by atoms with Crippen LogP contribution in [-0.2, 0) is 11.2 Å². The molecular formula is C14H20BrN3O2. The molecule has 0 fully saturated rings. The molecule has 0 atom stereocenters. The SMILES string of the molecule is CC(C)(C)OC(=O)NCCN1CCc2ccc(Br)nc21. The Labute approximate surface area is 127 Å². The fraction of sp³-hybridized carbons (Fsp3) is 0.571. The van der Waals surface area contributed by atoms with Gasteiger partial charge in [0, 0.05) is 19.6 Å². The minimum atomic E-state index is -0.462. The molecule has 0 saturated carbocycles. The van der Waals surface area contributed by atoms with Crippen LogP contribution >= 0.6 is 15.9 Å². The maximum Gasteiger partial charge on any atom is 0.407 e. The van der Waals surface area contributed by atoms with E-state index >= 15 is 0 Å². The lowest BCUT2D eigenvalue weighted by atomic mass is 10.2. The number of hydrogen-bond donors (Lipinski definition) is 1. The van der Waals surface area contributed by atoms with E-state index in [0.717, 1.165) is 29.9 Å². The molecule has 0 aromatic carbocycles. The predicted octanol–water partition coefficient (Wildman–Crippen LogP) is 2.73. The van der Waals surface area contributed by atoms with E-state index in [0.29, 0.717) is 6.54 Å². The number of halogens is 1. The summed E-state index contributed by atoms with van der Waals surface area (Å²) in [6.07, 6.45) is 0.626. The fourth-order valence-corrected chi connectivity index (χ4v) is 2.41. The summed E-state index contributed by atoms with van der Waals surface area (Å²) in [5, 5.41) is 2.77. The van der Waals surface area contributed by atoms with Crippen LogP contribution in [0.2, 0.25) is 0 Å². The Balaban J connectivity index is 1.82. The third kappa shape index (κ3) is 4.10. The molecule has 110 valence electrons. The normalized spacial score (nSPS) is 14.1. The van der Waals surface area contributed by atoms with Gasteiger partial charge in [0.05, 0.1) is 0 Å². The number of amides is 1. The molecule has 1 aromatic heterocycles. The predicted molar refractivity (Wildman–Crippen MR) is 82.1 cm³/mol. The van der Waals surface area contributed by atoms with Crippen molar-refractivity contribution in [1.29, 1.82) is 0 Å². The lowest BCUT2D eigenvalue weighted by Gasteiger charge is -2.21. The number of nitrogens with one attached hydrogen (secondary N) is 1. The molecule has 1 aliphatic rings. The highest BCUT2D eigenvalue weighted by Gasteiger charge is 2.21. The number of pyridine rings is 1. The molecule has 1 amide bonds. The second-order valence-electron chi connectivity index (χ2n) is 5.78. The van der Waals surface area contributed by atoms with Crippen molar-refractivity contribution >= 4 is 27.8 Å². The van der Waals surface area contributed by atoms with Crippen LogP contribution < -0.4 is 10.2 Å². The molecule has 20 heavy (non-hydrogen) atoms. The van der Waals surface area contributed by atoms with Crippen molar-refractivity contribution in [3.63, 3.8) is 0 Å². The van der Waals surface area contributed by atoms with E-state index in [2.05, 4.69) is 37.2 Å². The number of aromatic nitrogens is 1. The van der Waals surface area contributed by atoms with Crippen molar-refractivity contribution in [2.75, 3.05) is 24.5 Å². The maximum absolute atomic E-state index is 11.6. The summed E-state index contributed by atoms with van der Waals surface area (Å²) < 4.78 is 6.04. The molecule has 1 aliphatic heterocycles. The van der Waals surface area contributed by atoms with Gasteiger partial charge in [-0.3, -0.25) is 0 Å². The monoisotopic (exact) mass is 341 g/mol. The van der Waals surface area contributed by atoms with E-state index in [9.17, 15) is 4.79 Å². The van der Waals surface area contributed by atoms with Crippen LogP contribution in [0, 0.1) is 0 Å². The summed E-state index contributed by atoms with van der Waals surface area (Å²) in [5.41, 5.74) is 0.794. The molecule has 6 heteroatoms. The molecule has 0 saturated heterocycles. The van der Waals surface area contributed by atoms with Gasteiger partial charge in [-0.1, -0.05) is 6.07 Å². The first-order chi connectivity index (χ1) is 9.35. The highest BCUT2D eigenvalue weighted by atomic mass is 79.9. The first kappa shape index (κ1) is 15.1. The highest BCUT2D eigenvalue weighted by Crippen LogP contribution is 2.26. The maximum atomic E-state index is 11.6. The van der Waals surface area contributed by atoms with E-state index in [1.165, 1.54) is 5.56 Å². The van der Waals surface area contributed by atoms with Crippen LogP contribution in [0.15, 0.2) is 16.7 Å². The van der Waals surface area contributed by atoms with Crippen LogP contribution in [0.3, 0.4) is 0 Å². The van der Waals surface area contributed by atoms with Gasteiger partial charge >= 0.3 is 6.09 Å². The molecule has 0 unspecified atom stereocenters. The van der Waals surface area contributed by atoms with E-state index in [4.69, 9.17) is 4.74 Å². The number of carbonyl (C=O) groups is 1. The minimum Gasteiger partial charge on any atom is -0.444 e. The molecule has 0 spiro atoms. The van der Waals surface area contributed by atoms with E-state index in [1.807, 2.05) is 26.8 Å². The third-order valence-electron chi connectivity index (χ3n) is 2.92. The van der Waals surface area contributed by atoms with Gasteiger partial charge < -0.3 is 15.0 Å². The lowest BCUT2D eigenvalue weighted by Crippen LogP contribution is -2.37. The number of nitrogens with zero attached hydrogens (tertiary/aromatic N) is 2. The summed E-state index contributed by atoms with van der Waals surface area (Å²) in [6, 6.07) is 4.05. The summed E-state index contributed by atoms with van der Waals surface area (Å²) in [5.74, 6) is 1.00. The molecule has 5 nitrogen and oxygen atoms in total. The van der Waals surface area contributed by atoms with Crippen molar-refractivity contribution in [1.82, 2.24) is 10.3 Å². The first-order valence-electron chi connectivity index (χ1n) is 6.72. The Morgan fingerprint density at radius 3 is 2.95 bits per heavy atom. The van der Waals surface area contributed by atoms with Gasteiger partial charge in [0.2, 0.25) is 0 Å². The van der Waals surface area contributed by atoms with Crippen LogP contribution in [-0.4, -0.2) is 36.3 Å². The number of anilines is 1. The Bertz CT molecular complexity index is 500. The third-order valence-corrected chi connectivity index (χ3v) is 3.36. The molecule has 0 radical (unpaired) electrons. The Morgan fingerprint density at radius 2 is 2.25 bits per heavy atom. The van der Waals surface area contributed by atoms with Crippen molar-refractivity contribution in [3.05, 3.63) is 22.3 Å². The van der Waals surface area contributed by atoms with Gasteiger partial charge in [0.1, 0.15) is 16.0 Å². The average molecular weight is 342 g/mol. The number of rotatable bonds is 3. The number of ether oxygens (including phenoxy) is 1. The van der Waals surface area contributed by atoms with Crippen molar-refractivity contribution in [2.24, 2.45) is 0 Å². The standard InChI is InChI=1S/C14H20BrN3O2/c1-14(2,3)20-13(19)16-7-9-18-8-6-10-4-5-11(15)17-12(10)18/h4-5H,6-9H2,1-3H3,(H,16,19). The summed E-state index contributed by atoms with van der Waals surface area (Å²) in [6.45, 7) is 7.77. The number of fused-ring (bicyclic) bond motifs is 1. The second kappa shape index (κ2) is 5.99. The zero-order chi connectivity index (χ0) is 14.8. The Morgan fingerprint density at radius 1 is 1.50 bits per heavy atom. The van der Waals surface area contributed by atoms with Crippen molar-refractivity contribution in [2.45, 2.75) is 32.8 Å². The molecule has 0 aliphatic carbocycles. The van der Waals surface area contributed by atoms with Gasteiger partial charge in [0.15, 0.2) is 0 Å². The lowest BCUT2D eigenvalue weighted by molar-refractivity contribution is 0.0529. The van der Waals surface area contributed by atoms with Gasteiger partial charge in [-0.2, -0.15) is 0 Å².